The van der Waals surface area contributed by atoms with Gasteiger partial charge in [0.25, 0.3) is 0 Å². The van der Waals surface area contributed by atoms with Crippen molar-refractivity contribution in [1.82, 2.24) is 0 Å². The number of aldehydes is 1. The zero-order valence-electron chi connectivity index (χ0n) is 15.8. The lowest BCUT2D eigenvalue weighted by Gasteiger charge is -2.08. The van der Waals surface area contributed by atoms with Crippen LogP contribution in [0.5, 0.6) is 0 Å². The molecule has 134 valence electrons. The molecule has 0 radical (unpaired) electrons. The first kappa shape index (κ1) is 22.1. The Morgan fingerprint density at radius 2 is 1.22 bits per heavy atom. The summed E-state index contributed by atoms with van der Waals surface area (Å²) in [6.45, 7) is 4.44. The Balaban J connectivity index is 3.34. The Kier molecular flexibility index (Phi) is 18.5. The van der Waals surface area contributed by atoms with Crippen LogP contribution < -0.4 is 0 Å². The fourth-order valence-corrected chi connectivity index (χ4v) is 2.79. The van der Waals surface area contributed by atoms with E-state index in [1.165, 1.54) is 76.9 Å². The Morgan fingerprint density at radius 1 is 0.652 bits per heavy atom. The predicted molar refractivity (Wildman–Crippen MR) is 104 cm³/mol. The number of hydrogen-bond donors (Lipinski definition) is 0. The van der Waals surface area contributed by atoms with Gasteiger partial charge in [0, 0.05) is 5.92 Å². The molecule has 0 amide bonds. The van der Waals surface area contributed by atoms with E-state index in [4.69, 9.17) is 0 Å². The third-order valence-electron chi connectivity index (χ3n) is 4.40. The van der Waals surface area contributed by atoms with Crippen LogP contribution in [0.2, 0.25) is 0 Å². The standard InChI is InChI=1S/C22H40O/c1-3-5-7-8-9-10-11-12-13-14-15-16-17-18-20-22(21-23)19-6-4-2/h9-10,12-13,21-22H,3-8,11,14-20H2,1-2H3/b10-9-,13-12-. The maximum Gasteiger partial charge on any atom is 0.123 e. The second-order valence-electron chi connectivity index (χ2n) is 6.70. The smallest absolute Gasteiger partial charge is 0.123 e. The Bertz CT molecular complexity index is 290. The molecule has 0 N–H and O–H groups in total. The fraction of sp³-hybridized carbons (Fsp3) is 0.773. The molecule has 1 nitrogen and oxygen atoms in total. The van der Waals surface area contributed by atoms with Gasteiger partial charge in [0.15, 0.2) is 0 Å². The van der Waals surface area contributed by atoms with Crippen molar-refractivity contribution in [1.29, 1.82) is 0 Å². The summed E-state index contributed by atoms with van der Waals surface area (Å²) >= 11 is 0. The monoisotopic (exact) mass is 320 g/mol. The number of rotatable bonds is 17. The summed E-state index contributed by atoms with van der Waals surface area (Å²) in [4.78, 5) is 11.0. The summed E-state index contributed by atoms with van der Waals surface area (Å²) < 4.78 is 0. The van der Waals surface area contributed by atoms with Crippen LogP contribution in [0, 0.1) is 5.92 Å². The summed E-state index contributed by atoms with van der Waals surface area (Å²) in [5.41, 5.74) is 0. The SMILES string of the molecule is CCCCC/C=C\C/C=C\CCCCCCC(C=O)CCCC. The van der Waals surface area contributed by atoms with E-state index >= 15 is 0 Å². The zero-order chi connectivity index (χ0) is 17.0. The molecule has 0 heterocycles. The molecule has 23 heavy (non-hydrogen) atoms. The number of unbranched alkanes of at least 4 members (excludes halogenated alkanes) is 8. The molecular weight excluding hydrogens is 280 g/mol. The van der Waals surface area contributed by atoms with E-state index < -0.39 is 0 Å². The van der Waals surface area contributed by atoms with E-state index in [1.807, 2.05) is 0 Å². The minimum absolute atomic E-state index is 0.318. The number of allylic oxidation sites excluding steroid dienone is 4. The first-order valence-corrected chi connectivity index (χ1v) is 10.1. The second kappa shape index (κ2) is 19.2. The minimum Gasteiger partial charge on any atom is -0.303 e. The van der Waals surface area contributed by atoms with E-state index in [1.54, 1.807) is 0 Å². The third-order valence-corrected chi connectivity index (χ3v) is 4.40. The van der Waals surface area contributed by atoms with Gasteiger partial charge in [0.2, 0.25) is 0 Å². The summed E-state index contributed by atoms with van der Waals surface area (Å²) in [7, 11) is 0. The highest BCUT2D eigenvalue weighted by Gasteiger charge is 2.05. The molecule has 0 bridgehead atoms. The average molecular weight is 321 g/mol. The van der Waals surface area contributed by atoms with Gasteiger partial charge >= 0.3 is 0 Å². The van der Waals surface area contributed by atoms with Crippen molar-refractivity contribution in [2.24, 2.45) is 5.92 Å². The lowest BCUT2D eigenvalue weighted by atomic mass is 9.96. The first-order chi connectivity index (χ1) is 11.3. The van der Waals surface area contributed by atoms with Gasteiger partial charge in [-0.25, -0.2) is 0 Å². The van der Waals surface area contributed by atoms with Crippen LogP contribution in [-0.2, 0) is 4.79 Å². The van der Waals surface area contributed by atoms with E-state index in [-0.39, 0.29) is 0 Å². The number of carbonyl (C=O) groups excluding carboxylic acids is 1. The molecule has 1 atom stereocenters. The maximum absolute atomic E-state index is 11.0. The van der Waals surface area contributed by atoms with Crippen molar-refractivity contribution in [3.8, 4) is 0 Å². The molecule has 0 rings (SSSR count). The van der Waals surface area contributed by atoms with Crippen LogP contribution in [-0.4, -0.2) is 6.29 Å². The molecule has 0 spiro atoms. The fourth-order valence-electron chi connectivity index (χ4n) is 2.79. The number of carbonyl (C=O) groups is 1. The van der Waals surface area contributed by atoms with Gasteiger partial charge in [-0.05, 0) is 44.9 Å². The summed E-state index contributed by atoms with van der Waals surface area (Å²) in [5, 5.41) is 0. The lowest BCUT2D eigenvalue weighted by Crippen LogP contribution is -2.01. The topological polar surface area (TPSA) is 17.1 Å². The van der Waals surface area contributed by atoms with Crippen LogP contribution in [0.15, 0.2) is 24.3 Å². The normalized spacial score (nSPS) is 13.1. The van der Waals surface area contributed by atoms with Crippen LogP contribution in [0.4, 0.5) is 0 Å². The Labute approximate surface area is 145 Å². The minimum atomic E-state index is 0.318. The van der Waals surface area contributed by atoms with E-state index in [2.05, 4.69) is 38.2 Å². The highest BCUT2D eigenvalue weighted by molar-refractivity contribution is 5.53. The molecule has 1 heteroatoms. The van der Waals surface area contributed by atoms with Crippen LogP contribution >= 0.6 is 0 Å². The molecule has 0 aromatic heterocycles. The largest absolute Gasteiger partial charge is 0.303 e. The molecule has 0 saturated carbocycles. The van der Waals surface area contributed by atoms with Crippen molar-refractivity contribution >= 4 is 6.29 Å². The van der Waals surface area contributed by atoms with Gasteiger partial charge in [0.1, 0.15) is 6.29 Å². The zero-order valence-corrected chi connectivity index (χ0v) is 15.8. The van der Waals surface area contributed by atoms with Gasteiger partial charge in [0.05, 0.1) is 0 Å². The highest BCUT2D eigenvalue weighted by atomic mass is 16.1. The molecule has 0 saturated heterocycles. The lowest BCUT2D eigenvalue weighted by molar-refractivity contribution is -0.111. The Hall–Kier alpha value is -0.850. The first-order valence-electron chi connectivity index (χ1n) is 10.1. The summed E-state index contributed by atoms with van der Waals surface area (Å²) in [6, 6.07) is 0. The van der Waals surface area contributed by atoms with Crippen molar-refractivity contribution in [3.05, 3.63) is 24.3 Å². The van der Waals surface area contributed by atoms with Gasteiger partial charge in [-0.1, -0.05) is 83.1 Å². The van der Waals surface area contributed by atoms with Gasteiger partial charge in [-0.3, -0.25) is 0 Å². The molecule has 0 aliphatic heterocycles. The van der Waals surface area contributed by atoms with Crippen LogP contribution in [0.25, 0.3) is 0 Å². The van der Waals surface area contributed by atoms with Gasteiger partial charge in [-0.2, -0.15) is 0 Å². The molecule has 0 fully saturated rings. The number of hydrogen-bond acceptors (Lipinski definition) is 1. The Morgan fingerprint density at radius 3 is 1.83 bits per heavy atom. The molecule has 0 aromatic carbocycles. The van der Waals surface area contributed by atoms with E-state index in [9.17, 15) is 4.79 Å². The molecule has 1 unspecified atom stereocenters. The second-order valence-corrected chi connectivity index (χ2v) is 6.70. The molecule has 0 aliphatic carbocycles. The van der Waals surface area contributed by atoms with Crippen molar-refractivity contribution in [2.75, 3.05) is 0 Å². The van der Waals surface area contributed by atoms with E-state index in [0.717, 1.165) is 19.3 Å². The summed E-state index contributed by atoms with van der Waals surface area (Å²) in [5.74, 6) is 0.318. The van der Waals surface area contributed by atoms with Crippen LogP contribution in [0.1, 0.15) is 104 Å². The predicted octanol–water partition coefficient (Wildman–Crippen LogP) is 7.42. The quantitative estimate of drug-likeness (QED) is 0.155. The van der Waals surface area contributed by atoms with Crippen molar-refractivity contribution in [2.45, 2.75) is 104 Å². The average Bonchev–Trinajstić information content (AvgIpc) is 2.57. The molecule has 0 aromatic rings. The van der Waals surface area contributed by atoms with Crippen molar-refractivity contribution < 1.29 is 4.79 Å². The van der Waals surface area contributed by atoms with Gasteiger partial charge in [-0.15, -0.1) is 0 Å². The highest BCUT2D eigenvalue weighted by Crippen LogP contribution is 2.15. The van der Waals surface area contributed by atoms with Crippen LogP contribution in [0.3, 0.4) is 0 Å². The summed E-state index contributed by atoms with van der Waals surface area (Å²) in [6.07, 6.45) is 27.6. The molecule has 0 aliphatic rings. The maximum atomic E-state index is 11.0. The third kappa shape index (κ3) is 17.3. The van der Waals surface area contributed by atoms with Crippen molar-refractivity contribution in [3.63, 3.8) is 0 Å². The molecular formula is C22H40O. The van der Waals surface area contributed by atoms with E-state index in [0.29, 0.717) is 5.92 Å². The van der Waals surface area contributed by atoms with Gasteiger partial charge < -0.3 is 4.79 Å².